The van der Waals surface area contributed by atoms with Gasteiger partial charge < -0.3 is 5.32 Å². The van der Waals surface area contributed by atoms with Gasteiger partial charge in [0, 0.05) is 30.1 Å². The average molecular weight is 268 g/mol. The van der Waals surface area contributed by atoms with E-state index in [0.29, 0.717) is 12.1 Å². The molecule has 1 aliphatic carbocycles. The number of aromatic nitrogens is 2. The van der Waals surface area contributed by atoms with Gasteiger partial charge in [0.05, 0.1) is 5.52 Å². The predicted octanol–water partition coefficient (Wildman–Crippen LogP) is 2.67. The summed E-state index contributed by atoms with van der Waals surface area (Å²) in [5.41, 5.74) is 1.01. The Hall–Kier alpha value is -1.68. The van der Waals surface area contributed by atoms with Crippen LogP contribution in [0.3, 0.4) is 0 Å². The molecule has 1 aromatic heterocycles. The summed E-state index contributed by atoms with van der Waals surface area (Å²) in [4.78, 5) is 11.4. The number of fused-ring (bicyclic) bond motifs is 1. The number of anilines is 1. The summed E-state index contributed by atoms with van der Waals surface area (Å²) in [7, 11) is 0. The van der Waals surface area contributed by atoms with Crippen LogP contribution in [0, 0.1) is 0 Å². The summed E-state index contributed by atoms with van der Waals surface area (Å²) in [5.74, 6) is 0.977. The maximum atomic E-state index is 4.44. The van der Waals surface area contributed by atoms with E-state index in [1.165, 1.54) is 19.3 Å². The summed E-state index contributed by atoms with van der Waals surface area (Å²) >= 11 is 0. The van der Waals surface area contributed by atoms with Gasteiger partial charge in [-0.1, -0.05) is 12.1 Å². The van der Waals surface area contributed by atoms with Crippen molar-refractivity contribution in [3.05, 3.63) is 30.6 Å². The summed E-state index contributed by atoms with van der Waals surface area (Å²) < 4.78 is 0. The Morgan fingerprint density at radius 3 is 2.90 bits per heavy atom. The van der Waals surface area contributed by atoms with E-state index in [0.717, 1.165) is 29.3 Å². The van der Waals surface area contributed by atoms with Crippen molar-refractivity contribution in [2.45, 2.75) is 44.3 Å². The van der Waals surface area contributed by atoms with E-state index in [4.69, 9.17) is 0 Å². The third-order valence-corrected chi connectivity index (χ3v) is 4.52. The highest BCUT2D eigenvalue weighted by Crippen LogP contribution is 2.34. The number of likely N-dealkylation sites (tertiary alicyclic amines) is 1. The highest BCUT2D eigenvalue weighted by Gasteiger charge is 2.38. The van der Waals surface area contributed by atoms with Crippen LogP contribution >= 0.6 is 0 Å². The number of hydrogen-bond donors (Lipinski definition) is 1. The minimum atomic E-state index is 0.504. The summed E-state index contributed by atoms with van der Waals surface area (Å²) in [6.07, 6.45) is 5.62. The van der Waals surface area contributed by atoms with Gasteiger partial charge in [-0.3, -0.25) is 4.90 Å². The smallest absolute Gasteiger partial charge is 0.137 e. The van der Waals surface area contributed by atoms with E-state index in [-0.39, 0.29) is 0 Å². The first-order valence-corrected chi connectivity index (χ1v) is 7.53. The Morgan fingerprint density at radius 2 is 2.05 bits per heavy atom. The van der Waals surface area contributed by atoms with Gasteiger partial charge >= 0.3 is 0 Å². The zero-order valence-electron chi connectivity index (χ0n) is 11.8. The molecule has 2 atom stereocenters. The average Bonchev–Trinajstić information content (AvgIpc) is 3.24. The van der Waals surface area contributed by atoms with Crippen molar-refractivity contribution in [1.82, 2.24) is 14.9 Å². The van der Waals surface area contributed by atoms with Crippen LogP contribution in [0.25, 0.3) is 10.9 Å². The van der Waals surface area contributed by atoms with E-state index >= 15 is 0 Å². The second-order valence-corrected chi connectivity index (χ2v) is 6.09. The van der Waals surface area contributed by atoms with Gasteiger partial charge in [0.15, 0.2) is 0 Å². The van der Waals surface area contributed by atoms with Crippen molar-refractivity contribution in [3.8, 4) is 0 Å². The second-order valence-electron chi connectivity index (χ2n) is 6.09. The molecule has 1 aliphatic heterocycles. The topological polar surface area (TPSA) is 41.1 Å². The molecule has 1 saturated carbocycles. The molecule has 0 radical (unpaired) electrons. The van der Waals surface area contributed by atoms with Gasteiger partial charge in [-0.25, -0.2) is 9.97 Å². The number of benzene rings is 1. The molecule has 2 aliphatic rings. The molecule has 2 fully saturated rings. The lowest BCUT2D eigenvalue weighted by Gasteiger charge is -2.20. The minimum absolute atomic E-state index is 0.504. The van der Waals surface area contributed by atoms with E-state index < -0.39 is 0 Å². The molecule has 0 spiro atoms. The zero-order valence-corrected chi connectivity index (χ0v) is 11.8. The van der Waals surface area contributed by atoms with Crippen molar-refractivity contribution in [3.63, 3.8) is 0 Å². The number of nitrogens with one attached hydrogen (secondary N) is 1. The van der Waals surface area contributed by atoms with Crippen molar-refractivity contribution >= 4 is 16.7 Å². The van der Waals surface area contributed by atoms with E-state index in [2.05, 4.69) is 33.2 Å². The first-order chi connectivity index (χ1) is 9.81. The maximum absolute atomic E-state index is 4.44. The van der Waals surface area contributed by atoms with Gasteiger partial charge in [0.2, 0.25) is 0 Å². The van der Waals surface area contributed by atoms with Crippen LogP contribution in [0.5, 0.6) is 0 Å². The van der Waals surface area contributed by atoms with Crippen LogP contribution in [-0.4, -0.2) is 39.5 Å². The lowest BCUT2D eigenvalue weighted by atomic mass is 10.2. The molecule has 1 N–H and O–H groups in total. The van der Waals surface area contributed by atoms with Gasteiger partial charge in [-0.05, 0) is 38.3 Å². The van der Waals surface area contributed by atoms with Gasteiger partial charge in [0.1, 0.15) is 12.1 Å². The van der Waals surface area contributed by atoms with Crippen LogP contribution in [-0.2, 0) is 0 Å². The van der Waals surface area contributed by atoms with Crippen molar-refractivity contribution in [1.29, 1.82) is 0 Å². The second kappa shape index (κ2) is 4.70. The lowest BCUT2D eigenvalue weighted by molar-refractivity contribution is 0.257. The molecule has 1 saturated heterocycles. The third kappa shape index (κ3) is 2.14. The first-order valence-electron chi connectivity index (χ1n) is 7.53. The van der Waals surface area contributed by atoms with Crippen LogP contribution in [0.4, 0.5) is 5.82 Å². The Bertz CT molecular complexity index is 617. The highest BCUT2D eigenvalue weighted by atomic mass is 15.3. The molecule has 2 unspecified atom stereocenters. The van der Waals surface area contributed by atoms with Crippen molar-refractivity contribution in [2.75, 3.05) is 11.9 Å². The zero-order chi connectivity index (χ0) is 13.5. The Kier molecular flexibility index (Phi) is 2.84. The molecule has 2 heterocycles. The molecule has 0 amide bonds. The van der Waals surface area contributed by atoms with Crippen molar-refractivity contribution < 1.29 is 0 Å². The fourth-order valence-electron chi connectivity index (χ4n) is 3.39. The largest absolute Gasteiger partial charge is 0.365 e. The number of nitrogens with zero attached hydrogens (tertiary/aromatic N) is 3. The quantitative estimate of drug-likeness (QED) is 0.929. The Balaban J connectivity index is 1.56. The van der Waals surface area contributed by atoms with Crippen LogP contribution in [0.1, 0.15) is 26.2 Å². The first kappa shape index (κ1) is 12.1. The number of rotatable bonds is 3. The van der Waals surface area contributed by atoms with Crippen LogP contribution < -0.4 is 5.32 Å². The fourth-order valence-corrected chi connectivity index (χ4v) is 3.39. The van der Waals surface area contributed by atoms with Gasteiger partial charge in [-0.15, -0.1) is 0 Å². The standard InChI is InChI=1S/C16H20N4/c1-11-8-12(9-20(11)13-6-7-13)19-16-14-4-2-3-5-15(14)17-10-18-16/h2-5,10-13H,6-9H2,1H3,(H,17,18,19). The molecule has 4 nitrogen and oxygen atoms in total. The predicted molar refractivity (Wildman–Crippen MR) is 80.8 cm³/mol. The lowest BCUT2D eigenvalue weighted by Crippen LogP contribution is -2.31. The SMILES string of the molecule is CC1CC(Nc2ncnc3ccccc23)CN1C1CC1. The summed E-state index contributed by atoms with van der Waals surface area (Å²) in [6.45, 7) is 3.49. The Labute approximate surface area is 119 Å². The molecule has 4 rings (SSSR count). The number of hydrogen-bond acceptors (Lipinski definition) is 4. The van der Waals surface area contributed by atoms with Crippen LogP contribution in [0.2, 0.25) is 0 Å². The van der Waals surface area contributed by atoms with Crippen molar-refractivity contribution in [2.24, 2.45) is 0 Å². The molecule has 0 bridgehead atoms. The molecular weight excluding hydrogens is 248 g/mol. The molecule has 2 aromatic rings. The molecule has 1 aromatic carbocycles. The van der Waals surface area contributed by atoms with Gasteiger partial charge in [-0.2, -0.15) is 0 Å². The van der Waals surface area contributed by atoms with Gasteiger partial charge in [0.25, 0.3) is 0 Å². The molecule has 20 heavy (non-hydrogen) atoms. The normalized spacial score (nSPS) is 27.1. The minimum Gasteiger partial charge on any atom is -0.365 e. The monoisotopic (exact) mass is 268 g/mol. The molecule has 4 heteroatoms. The van der Waals surface area contributed by atoms with E-state index in [9.17, 15) is 0 Å². The maximum Gasteiger partial charge on any atom is 0.137 e. The molecule has 104 valence electrons. The van der Waals surface area contributed by atoms with Crippen LogP contribution in [0.15, 0.2) is 30.6 Å². The summed E-state index contributed by atoms with van der Waals surface area (Å²) in [5, 5.41) is 4.75. The summed E-state index contributed by atoms with van der Waals surface area (Å²) in [6, 6.07) is 10.2. The Morgan fingerprint density at radius 1 is 1.20 bits per heavy atom. The van der Waals surface area contributed by atoms with E-state index in [1.54, 1.807) is 6.33 Å². The molecular formula is C16H20N4. The highest BCUT2D eigenvalue weighted by molar-refractivity contribution is 5.88. The number of para-hydroxylation sites is 1. The third-order valence-electron chi connectivity index (χ3n) is 4.52. The fraction of sp³-hybridized carbons (Fsp3) is 0.500. The van der Waals surface area contributed by atoms with E-state index in [1.807, 2.05) is 18.2 Å².